The fraction of sp³-hybridized carbons (Fsp3) is 0.0385. The van der Waals surface area contributed by atoms with E-state index in [9.17, 15) is 13.2 Å². The summed E-state index contributed by atoms with van der Waals surface area (Å²) in [5.74, 6) is 0.678. The highest BCUT2D eigenvalue weighted by atomic mass is 35.5. The van der Waals surface area contributed by atoms with Crippen LogP contribution in [0.3, 0.4) is 0 Å². The molecule has 4 aromatic carbocycles. The Labute approximate surface area is 218 Å². The van der Waals surface area contributed by atoms with E-state index < -0.39 is 16.1 Å². The predicted octanol–water partition coefficient (Wildman–Crippen LogP) is 6.79. The van der Waals surface area contributed by atoms with Gasteiger partial charge in [0.2, 0.25) is 0 Å². The van der Waals surface area contributed by atoms with Crippen molar-refractivity contribution in [1.29, 1.82) is 0 Å². The highest BCUT2D eigenvalue weighted by Gasteiger charge is 2.32. The van der Waals surface area contributed by atoms with Gasteiger partial charge in [-0.15, -0.1) is 4.41 Å². The first-order chi connectivity index (χ1) is 17.3. The van der Waals surface area contributed by atoms with Crippen LogP contribution >= 0.6 is 23.2 Å². The number of anilines is 1. The molecular weight excluding hydrogens is 523 g/mol. The molecule has 0 aliphatic carbocycles. The third-order valence-electron chi connectivity index (χ3n) is 4.85. The summed E-state index contributed by atoms with van der Waals surface area (Å²) in [5, 5.41) is 0.698. The van der Waals surface area contributed by atoms with Gasteiger partial charge in [0.1, 0.15) is 18.1 Å². The molecule has 1 N–H and O–H groups in total. The van der Waals surface area contributed by atoms with Crippen LogP contribution in [0, 0.1) is 0 Å². The molecule has 36 heavy (non-hydrogen) atoms. The molecule has 0 spiro atoms. The first-order valence-electron chi connectivity index (χ1n) is 10.6. The zero-order valence-corrected chi connectivity index (χ0v) is 21.0. The highest BCUT2D eigenvalue weighted by molar-refractivity contribution is 7.89. The van der Waals surface area contributed by atoms with Gasteiger partial charge in [0.05, 0.1) is 10.6 Å². The molecule has 0 heterocycles. The van der Waals surface area contributed by atoms with Crippen molar-refractivity contribution in [2.45, 2.75) is 11.5 Å². The second kappa shape index (κ2) is 11.3. The number of carbonyl (C=O) groups is 1. The van der Waals surface area contributed by atoms with Gasteiger partial charge in [-0.3, -0.25) is 5.43 Å². The topological polar surface area (TPSA) is 84.9 Å². The lowest BCUT2D eigenvalue weighted by Gasteiger charge is -2.23. The summed E-state index contributed by atoms with van der Waals surface area (Å²) in [5.41, 5.74) is 3.84. The van der Waals surface area contributed by atoms with Gasteiger partial charge in [0, 0.05) is 10.0 Å². The number of hydrogen-bond acceptors (Lipinski definition) is 6. The summed E-state index contributed by atoms with van der Waals surface area (Å²) in [6, 6.07) is 27.5. The van der Waals surface area contributed by atoms with Crippen molar-refractivity contribution < 1.29 is 22.7 Å². The zero-order chi connectivity index (χ0) is 25.5. The molecule has 0 aliphatic heterocycles. The Balaban J connectivity index is 1.53. The van der Waals surface area contributed by atoms with Crippen molar-refractivity contribution in [3.05, 3.63) is 119 Å². The Morgan fingerprint density at radius 3 is 2.11 bits per heavy atom. The minimum absolute atomic E-state index is 0.122. The number of amides is 1. The van der Waals surface area contributed by atoms with E-state index in [-0.39, 0.29) is 16.3 Å². The maximum atomic E-state index is 13.3. The van der Waals surface area contributed by atoms with Gasteiger partial charge in [-0.25, -0.2) is 4.79 Å². The number of hydrogen-bond donors (Lipinski definition) is 1. The van der Waals surface area contributed by atoms with Crippen LogP contribution in [0.1, 0.15) is 5.56 Å². The molecule has 0 saturated carbocycles. The molecule has 10 heteroatoms. The van der Waals surface area contributed by atoms with E-state index in [1.807, 2.05) is 30.3 Å². The highest BCUT2D eigenvalue weighted by Crippen LogP contribution is 2.24. The Kier molecular flexibility index (Phi) is 8.00. The number of hydrazine groups is 1. The van der Waals surface area contributed by atoms with Crippen molar-refractivity contribution >= 4 is 45.0 Å². The molecular formula is C26H20Cl2N2O5S. The molecule has 0 unspecified atom stereocenters. The molecule has 4 aromatic rings. The molecule has 0 radical (unpaired) electrons. The number of rotatable bonds is 8. The van der Waals surface area contributed by atoms with Crippen LogP contribution in [-0.4, -0.2) is 18.9 Å². The number of sulfonamides is 1. The van der Waals surface area contributed by atoms with Crippen molar-refractivity contribution in [1.82, 2.24) is 4.41 Å². The van der Waals surface area contributed by atoms with E-state index in [4.69, 9.17) is 32.7 Å². The lowest BCUT2D eigenvalue weighted by Crippen LogP contribution is -2.43. The summed E-state index contributed by atoms with van der Waals surface area (Å²) >= 11 is 11.9. The molecule has 0 atom stereocenters. The third-order valence-corrected chi connectivity index (χ3v) is 6.93. The maximum absolute atomic E-state index is 13.3. The summed E-state index contributed by atoms with van der Waals surface area (Å²) in [6.07, 6.45) is -1.18. The van der Waals surface area contributed by atoms with E-state index >= 15 is 0 Å². The number of nitrogens with one attached hydrogen (secondary N) is 1. The number of ether oxygens (including phenoxy) is 2. The van der Waals surface area contributed by atoms with Crippen molar-refractivity contribution in [2.24, 2.45) is 0 Å². The molecule has 184 valence electrons. The predicted molar refractivity (Wildman–Crippen MR) is 139 cm³/mol. The van der Waals surface area contributed by atoms with Gasteiger partial charge in [0.25, 0.3) is 10.0 Å². The monoisotopic (exact) mass is 542 g/mol. The van der Waals surface area contributed by atoms with Gasteiger partial charge in [-0.2, -0.15) is 8.42 Å². The van der Waals surface area contributed by atoms with Crippen LogP contribution < -0.4 is 14.9 Å². The minimum atomic E-state index is -4.37. The lowest BCUT2D eigenvalue weighted by molar-refractivity contribution is 0.184. The molecule has 0 aliphatic rings. The molecule has 1 amide bonds. The summed E-state index contributed by atoms with van der Waals surface area (Å²) < 4.78 is 38.1. The number of nitrogens with zero attached hydrogens (tertiary/aromatic N) is 1. The first kappa shape index (κ1) is 25.4. The largest absolute Gasteiger partial charge is 0.489 e. The summed E-state index contributed by atoms with van der Waals surface area (Å²) in [7, 11) is -4.37. The van der Waals surface area contributed by atoms with Crippen molar-refractivity contribution in [3.63, 3.8) is 0 Å². The SMILES string of the molecule is O=C(Oc1ccc(OCc2ccccc2)cc1)N(Nc1cccc(Cl)c1)S(=O)(=O)c1ccc(Cl)cc1. The normalized spacial score (nSPS) is 10.9. The summed E-state index contributed by atoms with van der Waals surface area (Å²) in [4.78, 5) is 12.9. The van der Waals surface area contributed by atoms with Gasteiger partial charge >= 0.3 is 6.09 Å². The molecule has 0 saturated heterocycles. The first-order valence-corrected chi connectivity index (χ1v) is 12.8. The fourth-order valence-electron chi connectivity index (χ4n) is 3.08. The van der Waals surface area contributed by atoms with E-state index in [0.29, 0.717) is 26.8 Å². The molecule has 0 aromatic heterocycles. The quantitative estimate of drug-likeness (QED) is 0.247. The van der Waals surface area contributed by atoms with Gasteiger partial charge in [-0.1, -0.05) is 59.6 Å². The van der Waals surface area contributed by atoms with Crippen LogP contribution in [0.25, 0.3) is 0 Å². The number of benzene rings is 4. The molecule has 7 nitrogen and oxygen atoms in total. The number of halogens is 2. The van der Waals surface area contributed by atoms with E-state index in [0.717, 1.165) is 5.56 Å². The van der Waals surface area contributed by atoms with Crippen LogP contribution in [0.5, 0.6) is 11.5 Å². The van der Waals surface area contributed by atoms with Crippen LogP contribution in [0.4, 0.5) is 10.5 Å². The van der Waals surface area contributed by atoms with E-state index in [1.165, 1.54) is 42.5 Å². The van der Waals surface area contributed by atoms with Crippen LogP contribution in [-0.2, 0) is 16.6 Å². The zero-order valence-electron chi connectivity index (χ0n) is 18.7. The van der Waals surface area contributed by atoms with Crippen molar-refractivity contribution in [2.75, 3.05) is 5.43 Å². The molecule has 0 fully saturated rings. The Morgan fingerprint density at radius 2 is 1.44 bits per heavy atom. The Hall–Kier alpha value is -3.72. The smallest absolute Gasteiger partial charge is 0.449 e. The average molecular weight is 543 g/mol. The summed E-state index contributed by atoms with van der Waals surface area (Å²) in [6.45, 7) is 0.372. The second-order valence-corrected chi connectivity index (χ2v) is 10.1. The molecule has 0 bridgehead atoms. The second-order valence-electron chi connectivity index (χ2n) is 7.46. The maximum Gasteiger partial charge on any atom is 0.449 e. The third kappa shape index (κ3) is 6.48. The van der Waals surface area contributed by atoms with E-state index in [1.54, 1.807) is 30.3 Å². The molecule has 4 rings (SSSR count). The van der Waals surface area contributed by atoms with Gasteiger partial charge in [-0.05, 0) is 72.3 Å². The van der Waals surface area contributed by atoms with Crippen LogP contribution in [0.2, 0.25) is 10.0 Å². The minimum Gasteiger partial charge on any atom is -0.489 e. The van der Waals surface area contributed by atoms with Gasteiger partial charge < -0.3 is 9.47 Å². The number of carbonyl (C=O) groups excluding carboxylic acids is 1. The van der Waals surface area contributed by atoms with Crippen LogP contribution in [0.15, 0.2) is 108 Å². The Morgan fingerprint density at radius 1 is 0.778 bits per heavy atom. The Bertz CT molecular complexity index is 1430. The van der Waals surface area contributed by atoms with E-state index in [2.05, 4.69) is 5.43 Å². The lowest BCUT2D eigenvalue weighted by atomic mass is 10.2. The van der Waals surface area contributed by atoms with Gasteiger partial charge in [0.15, 0.2) is 0 Å². The fourth-order valence-corrected chi connectivity index (χ4v) is 4.54. The average Bonchev–Trinajstić information content (AvgIpc) is 2.87. The van der Waals surface area contributed by atoms with Crippen molar-refractivity contribution in [3.8, 4) is 11.5 Å². The standard InChI is InChI=1S/C26H20Cl2N2O5S/c27-20-9-15-25(16-10-20)36(32,33)30(29-22-8-4-7-21(28)17-22)26(31)35-24-13-11-23(12-14-24)34-18-19-5-2-1-3-6-19/h1-17,29H,18H2.